The van der Waals surface area contributed by atoms with Crippen molar-refractivity contribution in [2.75, 3.05) is 19.8 Å². The van der Waals surface area contributed by atoms with Gasteiger partial charge in [0.2, 0.25) is 5.97 Å². The minimum Gasteiger partial charge on any atom is -0.870 e. The van der Waals surface area contributed by atoms with E-state index in [-0.39, 0.29) is 53.8 Å². The molecule has 2 aromatic rings. The number of hydrogen-bond donors (Lipinski definition) is 0. The second-order valence-corrected chi connectivity index (χ2v) is 8.45. The van der Waals surface area contributed by atoms with Crippen molar-refractivity contribution in [2.45, 2.75) is 44.4 Å². The monoisotopic (exact) mass is 512 g/mol. The fourth-order valence-corrected chi connectivity index (χ4v) is 4.41. The number of hydrogen-bond acceptors (Lipinski definition) is 5. The van der Waals surface area contributed by atoms with Gasteiger partial charge in [-0.15, -0.1) is 0 Å². The number of halogens is 3. The summed E-state index contributed by atoms with van der Waals surface area (Å²) < 4.78 is 49.0. The topological polar surface area (TPSA) is 85.8 Å². The number of benzene rings is 2. The zero-order valence-corrected chi connectivity index (χ0v) is 22.2. The molecule has 1 saturated heterocycles. The summed E-state index contributed by atoms with van der Waals surface area (Å²) >= 11 is 0. The number of alkyl halides is 3. The molecule has 0 saturated carbocycles. The molecule has 36 heavy (non-hydrogen) atoms. The van der Waals surface area contributed by atoms with Crippen molar-refractivity contribution in [3.8, 4) is 11.1 Å². The third-order valence-corrected chi connectivity index (χ3v) is 6.37. The standard InChI is InChI=1S/C26H25F3NO4.Na.H2O/c1-2-34-24(32)22-11-12-25(13-15-33-16-14-25)30(23(22)31)17-18-3-5-19(6-4-18)20-7-9-21(10-8-20)26(27,28)29;;/h3-10H,2,12-17H2,1H3;;1H2/q-1;+1;/p-1. The molecule has 1 spiro atoms. The second kappa shape index (κ2) is 12.4. The van der Waals surface area contributed by atoms with Gasteiger partial charge in [-0.25, -0.2) is 0 Å². The summed E-state index contributed by atoms with van der Waals surface area (Å²) in [5, 5.41) is 0. The van der Waals surface area contributed by atoms with Crippen molar-refractivity contribution in [2.24, 2.45) is 0 Å². The van der Waals surface area contributed by atoms with E-state index in [0.717, 1.165) is 23.3 Å². The van der Waals surface area contributed by atoms with E-state index in [4.69, 9.17) is 9.47 Å². The van der Waals surface area contributed by atoms with Crippen molar-refractivity contribution in [1.82, 2.24) is 4.90 Å². The molecule has 2 aliphatic heterocycles. The molecule has 10 heteroatoms. The molecule has 0 unspecified atom stereocenters. The van der Waals surface area contributed by atoms with E-state index in [1.165, 1.54) is 12.1 Å². The molecule has 0 radical (unpaired) electrons. The summed E-state index contributed by atoms with van der Waals surface area (Å²) in [6.07, 6.45) is 0.333. The largest absolute Gasteiger partial charge is 1.00 e. The Bertz CT molecular complexity index is 1080. The molecule has 2 aromatic carbocycles. The molecule has 2 aliphatic rings. The van der Waals surface area contributed by atoms with Crippen LogP contribution in [0.2, 0.25) is 0 Å². The quantitative estimate of drug-likeness (QED) is 0.264. The van der Waals surface area contributed by atoms with Crippen LogP contribution in [-0.4, -0.2) is 47.6 Å². The molecule has 2 heterocycles. The first-order valence-corrected chi connectivity index (χ1v) is 11.2. The van der Waals surface area contributed by atoms with Gasteiger partial charge in [-0.2, -0.15) is 19.2 Å². The van der Waals surface area contributed by atoms with Crippen LogP contribution in [0.15, 0.2) is 54.1 Å². The van der Waals surface area contributed by atoms with Crippen LogP contribution in [0, 0.1) is 6.08 Å². The third-order valence-electron chi connectivity index (χ3n) is 6.37. The molecule has 1 amide bonds. The fraction of sp³-hybridized carbons (Fsp3) is 0.385. The zero-order chi connectivity index (χ0) is 24.3. The van der Waals surface area contributed by atoms with Crippen LogP contribution < -0.4 is 29.6 Å². The molecule has 4 rings (SSSR count). The first kappa shape index (κ1) is 30.1. The smallest absolute Gasteiger partial charge is 0.870 e. The van der Waals surface area contributed by atoms with Crippen LogP contribution >= 0.6 is 0 Å². The Morgan fingerprint density at radius 1 is 1.06 bits per heavy atom. The first-order valence-electron chi connectivity index (χ1n) is 11.2. The molecule has 0 aromatic heterocycles. The van der Waals surface area contributed by atoms with Gasteiger partial charge in [0.05, 0.1) is 12.2 Å². The number of rotatable bonds is 5. The average molecular weight is 512 g/mol. The van der Waals surface area contributed by atoms with Crippen molar-refractivity contribution < 1.29 is 67.3 Å². The molecular weight excluding hydrogens is 486 g/mol. The molecule has 0 atom stereocenters. The summed E-state index contributed by atoms with van der Waals surface area (Å²) in [6.45, 7) is 3.18. The zero-order valence-electron chi connectivity index (χ0n) is 20.2. The second-order valence-electron chi connectivity index (χ2n) is 8.45. The van der Waals surface area contributed by atoms with Gasteiger partial charge in [0.1, 0.15) is 5.91 Å². The maximum absolute atomic E-state index is 13.3. The molecule has 0 bridgehead atoms. The van der Waals surface area contributed by atoms with Crippen LogP contribution in [0.3, 0.4) is 0 Å². The Kier molecular flexibility index (Phi) is 10.3. The molecule has 0 aliphatic carbocycles. The fourth-order valence-electron chi connectivity index (χ4n) is 4.41. The Labute approximate surface area is 230 Å². The molecule has 6 nitrogen and oxygen atoms in total. The molecule has 1 N–H and O–H groups in total. The number of ether oxygens (including phenoxy) is 2. The van der Waals surface area contributed by atoms with Crippen molar-refractivity contribution in [1.29, 1.82) is 0 Å². The predicted molar refractivity (Wildman–Crippen MR) is 120 cm³/mol. The van der Waals surface area contributed by atoms with Gasteiger partial charge < -0.3 is 29.4 Å². The van der Waals surface area contributed by atoms with E-state index in [9.17, 15) is 22.8 Å². The molecular formula is C26H26F3NNaO5-. The van der Waals surface area contributed by atoms with E-state index in [2.05, 4.69) is 6.08 Å². The van der Waals surface area contributed by atoms with E-state index < -0.39 is 29.2 Å². The summed E-state index contributed by atoms with van der Waals surface area (Å²) in [4.78, 5) is 27.3. The average Bonchev–Trinajstić information content (AvgIpc) is 2.82. The molecule has 188 valence electrons. The van der Waals surface area contributed by atoms with Gasteiger partial charge in [-0.1, -0.05) is 48.4 Å². The van der Waals surface area contributed by atoms with Gasteiger partial charge in [0.25, 0.3) is 0 Å². The van der Waals surface area contributed by atoms with Crippen LogP contribution in [0.1, 0.15) is 37.3 Å². The normalized spacial score (nSPS) is 17.1. The summed E-state index contributed by atoms with van der Waals surface area (Å²) in [7, 11) is 0. The number of carbonyl (C=O) groups is 2. The van der Waals surface area contributed by atoms with Gasteiger partial charge in [0.15, 0.2) is 0 Å². The van der Waals surface area contributed by atoms with E-state index in [0.29, 0.717) is 38.0 Å². The molecule has 1 fully saturated rings. The Morgan fingerprint density at radius 2 is 1.61 bits per heavy atom. The predicted octanol–water partition coefficient (Wildman–Crippen LogP) is 1.77. The van der Waals surface area contributed by atoms with E-state index >= 15 is 0 Å². The van der Waals surface area contributed by atoms with E-state index in [1.807, 2.05) is 24.3 Å². The minimum atomic E-state index is -4.38. The Morgan fingerprint density at radius 3 is 2.14 bits per heavy atom. The van der Waals surface area contributed by atoms with Crippen LogP contribution in [0.25, 0.3) is 11.1 Å². The van der Waals surface area contributed by atoms with Gasteiger partial charge >= 0.3 is 35.7 Å². The number of nitrogens with zero attached hydrogens (tertiary/aromatic N) is 1. The minimum absolute atomic E-state index is 0. The number of esters is 1. The first-order chi connectivity index (χ1) is 16.2. The van der Waals surface area contributed by atoms with E-state index in [1.54, 1.807) is 11.8 Å². The summed E-state index contributed by atoms with van der Waals surface area (Å²) in [5.41, 5.74) is 1.04. The maximum Gasteiger partial charge on any atom is 1.00 e. The SMILES string of the molecule is CCOC(=O)C1=[C-]CC2(CCOCC2)N(Cc2ccc(-c3ccc(C(F)(F)F)cc3)cc2)C1=O.[Na+].[OH-]. The maximum atomic E-state index is 13.3. The van der Waals surface area contributed by atoms with Crippen molar-refractivity contribution >= 4 is 11.9 Å². The van der Waals surface area contributed by atoms with Crippen LogP contribution in [0.4, 0.5) is 13.2 Å². The van der Waals surface area contributed by atoms with Crippen LogP contribution in [-0.2, 0) is 31.8 Å². The Hall–Kier alpha value is -2.17. The van der Waals surface area contributed by atoms with Crippen LogP contribution in [0.5, 0.6) is 0 Å². The van der Waals surface area contributed by atoms with Crippen molar-refractivity contribution in [3.63, 3.8) is 0 Å². The third kappa shape index (κ3) is 6.39. The Balaban J connectivity index is 0.00000228. The van der Waals surface area contributed by atoms with Gasteiger partial charge in [0, 0.05) is 25.3 Å². The van der Waals surface area contributed by atoms with Crippen molar-refractivity contribution in [3.05, 3.63) is 71.3 Å². The number of amides is 1. The summed E-state index contributed by atoms with van der Waals surface area (Å²) in [6, 6.07) is 12.3. The van der Waals surface area contributed by atoms with Gasteiger partial charge in [-0.3, -0.25) is 0 Å². The van der Waals surface area contributed by atoms with Gasteiger partial charge in [-0.05, 0) is 48.6 Å². The number of carbonyl (C=O) groups excluding carboxylic acids is 2. The summed E-state index contributed by atoms with van der Waals surface area (Å²) in [5.74, 6) is -1.07.